The molecule has 2 N–H and O–H groups in total. The number of likely N-dealkylation sites (N-methyl/N-ethyl adjacent to an activating group) is 1. The first-order valence-corrected chi connectivity index (χ1v) is 9.67. The summed E-state index contributed by atoms with van der Waals surface area (Å²) in [6.07, 6.45) is 2.15. The maximum atomic E-state index is 8.63. The number of hydrogen-bond donors (Lipinski definition) is 2. The van der Waals surface area contributed by atoms with Crippen LogP contribution in [0.1, 0.15) is 11.1 Å². The fourth-order valence-electron chi connectivity index (χ4n) is 2.98. The van der Waals surface area contributed by atoms with Crippen LogP contribution in [0.4, 0.5) is 5.69 Å². The lowest BCUT2D eigenvalue weighted by Crippen LogP contribution is -2.39. The minimum atomic E-state index is -4.92. The lowest BCUT2D eigenvalue weighted by atomic mass is 10.0. The summed E-state index contributed by atoms with van der Waals surface area (Å²) in [5.74, 6) is 0. The molecule has 0 radical (unpaired) electrons. The molecule has 142 valence electrons. The summed E-state index contributed by atoms with van der Waals surface area (Å²) in [4.78, 5) is 4.88. The molecule has 2 aliphatic heterocycles. The van der Waals surface area contributed by atoms with Gasteiger partial charge in [0.15, 0.2) is 0 Å². The Bertz CT molecular complexity index is 1000. The molecule has 2 aromatic rings. The van der Waals surface area contributed by atoms with Crippen LogP contribution in [-0.2, 0) is 10.4 Å². The third-order valence-corrected chi connectivity index (χ3v) is 4.36. The summed E-state index contributed by atoms with van der Waals surface area (Å²) in [6, 6.07) is 16.3. The standard InChI is InChI=1S/C17H15ClN4.H2O4S/c1-21-16-10-19-17(12-5-3-2-4-6-12)14-9-13(18)7-8-15(14)22(16)11-20-21;1-5(2,3)4/h2-9,11,16H,10H2,1H3;(H2,1,2,3,4). The second kappa shape index (κ2) is 7.75. The summed E-state index contributed by atoms with van der Waals surface area (Å²) in [5.41, 5.74) is 7.52. The van der Waals surface area contributed by atoms with Crippen molar-refractivity contribution >= 4 is 39.7 Å². The van der Waals surface area contributed by atoms with Gasteiger partial charge in [0.1, 0.15) is 5.69 Å². The lowest BCUT2D eigenvalue weighted by molar-refractivity contribution is -0.491. The van der Waals surface area contributed by atoms with Gasteiger partial charge in [-0.05, 0) is 18.2 Å². The van der Waals surface area contributed by atoms with Crippen molar-refractivity contribution in [1.82, 2.24) is 10.4 Å². The number of hydrogen-bond acceptors (Lipinski definition) is 6. The highest BCUT2D eigenvalue weighted by Crippen LogP contribution is 2.30. The molecule has 0 saturated carbocycles. The first-order valence-electron chi connectivity index (χ1n) is 7.93. The average Bonchev–Trinajstić information content (AvgIpc) is 2.87. The minimum absolute atomic E-state index is 0.168. The van der Waals surface area contributed by atoms with Gasteiger partial charge >= 0.3 is 0 Å². The topological polar surface area (TPSA) is 108 Å². The molecule has 10 heteroatoms. The number of nitrogens with one attached hydrogen (secondary N) is 1. The minimum Gasteiger partial charge on any atom is -0.726 e. The zero-order valence-electron chi connectivity index (χ0n) is 14.3. The van der Waals surface area contributed by atoms with Crippen molar-refractivity contribution in [1.29, 1.82) is 0 Å². The maximum absolute atomic E-state index is 8.63. The van der Waals surface area contributed by atoms with E-state index in [0.717, 1.165) is 27.5 Å². The Morgan fingerprint density at radius 1 is 1.30 bits per heavy atom. The Labute approximate surface area is 162 Å². The molecule has 4 rings (SSSR count). The third kappa shape index (κ3) is 4.71. The number of aliphatic imine (C=N–C) groups is 1. The molecule has 1 atom stereocenters. The molecule has 0 aliphatic carbocycles. The molecule has 1 unspecified atom stereocenters. The van der Waals surface area contributed by atoms with E-state index in [1.807, 2.05) is 43.7 Å². The normalized spacial score (nSPS) is 18.7. The van der Waals surface area contributed by atoms with E-state index in [4.69, 9.17) is 34.1 Å². The van der Waals surface area contributed by atoms with E-state index in [0.29, 0.717) is 6.54 Å². The van der Waals surface area contributed by atoms with Crippen molar-refractivity contribution < 1.29 is 22.1 Å². The largest absolute Gasteiger partial charge is 0.726 e. The highest BCUT2D eigenvalue weighted by molar-refractivity contribution is 7.79. The second-order valence-electron chi connectivity index (χ2n) is 5.90. The number of benzene rings is 2. The quantitative estimate of drug-likeness (QED) is 0.422. The van der Waals surface area contributed by atoms with Crippen molar-refractivity contribution in [2.45, 2.75) is 6.17 Å². The smallest absolute Gasteiger partial charge is 0.257 e. The van der Waals surface area contributed by atoms with Crippen LogP contribution in [0.3, 0.4) is 0 Å². The Kier molecular flexibility index (Phi) is 5.59. The summed E-state index contributed by atoms with van der Waals surface area (Å²) in [5, 5.41) is 2.79. The molecule has 0 spiro atoms. The highest BCUT2D eigenvalue weighted by atomic mass is 35.5. The van der Waals surface area contributed by atoms with Gasteiger partial charge in [0, 0.05) is 23.2 Å². The predicted octanol–water partition coefficient (Wildman–Crippen LogP) is 1.64. The molecule has 0 bridgehead atoms. The number of nitrogens with zero attached hydrogens (tertiary/aromatic N) is 3. The Morgan fingerprint density at radius 2 is 1.96 bits per heavy atom. The van der Waals surface area contributed by atoms with Gasteiger partial charge in [0.2, 0.25) is 16.6 Å². The third-order valence-electron chi connectivity index (χ3n) is 4.12. The van der Waals surface area contributed by atoms with Gasteiger partial charge in [-0.15, -0.1) is 5.01 Å². The zero-order chi connectivity index (χ0) is 19.6. The van der Waals surface area contributed by atoms with Crippen molar-refractivity contribution in [2.75, 3.05) is 13.6 Å². The van der Waals surface area contributed by atoms with E-state index < -0.39 is 10.4 Å². The van der Waals surface area contributed by atoms with Gasteiger partial charge in [0.05, 0.1) is 12.3 Å². The van der Waals surface area contributed by atoms with Crippen LogP contribution in [0.25, 0.3) is 0 Å². The molecule has 2 heterocycles. The van der Waals surface area contributed by atoms with Crippen LogP contribution in [0.15, 0.2) is 53.5 Å². The van der Waals surface area contributed by atoms with Crippen LogP contribution in [-0.4, -0.2) is 58.9 Å². The van der Waals surface area contributed by atoms with E-state index in [1.165, 1.54) is 0 Å². The highest BCUT2D eigenvalue weighted by Gasteiger charge is 2.35. The van der Waals surface area contributed by atoms with Crippen LogP contribution in [0, 0.1) is 0 Å². The molecule has 0 aromatic heterocycles. The molecule has 27 heavy (non-hydrogen) atoms. The summed E-state index contributed by atoms with van der Waals surface area (Å²) >= 11 is 6.24. The average molecular weight is 409 g/mol. The fourth-order valence-corrected chi connectivity index (χ4v) is 3.15. The Balaban J connectivity index is 0.000000376. The van der Waals surface area contributed by atoms with Crippen LogP contribution in [0.2, 0.25) is 5.02 Å². The first kappa shape index (κ1) is 19.5. The zero-order valence-corrected chi connectivity index (χ0v) is 15.9. The fraction of sp³-hybridized carbons (Fsp3) is 0.176. The molecule has 8 nitrogen and oxygen atoms in total. The lowest BCUT2D eigenvalue weighted by Gasteiger charge is -2.14. The van der Waals surface area contributed by atoms with Crippen molar-refractivity contribution in [2.24, 2.45) is 4.99 Å². The van der Waals surface area contributed by atoms with Crippen LogP contribution >= 0.6 is 11.6 Å². The molecule has 0 fully saturated rings. The van der Waals surface area contributed by atoms with Gasteiger partial charge in [-0.25, -0.2) is 13.0 Å². The first-order chi connectivity index (χ1) is 12.7. The van der Waals surface area contributed by atoms with E-state index in [-0.39, 0.29) is 6.17 Å². The molecular weight excluding hydrogens is 392 g/mol. The molecular formula is C17H17ClN4O4S. The monoisotopic (exact) mass is 408 g/mol. The van der Waals surface area contributed by atoms with E-state index in [9.17, 15) is 0 Å². The Morgan fingerprint density at radius 3 is 2.63 bits per heavy atom. The molecule has 2 aliphatic rings. The van der Waals surface area contributed by atoms with Crippen LogP contribution < -0.4 is 5.43 Å². The maximum Gasteiger partial charge on any atom is 0.257 e. The summed E-state index contributed by atoms with van der Waals surface area (Å²) in [7, 11) is -2.89. The van der Waals surface area contributed by atoms with Gasteiger partial charge in [-0.3, -0.25) is 9.55 Å². The van der Waals surface area contributed by atoms with Crippen LogP contribution in [0.5, 0.6) is 0 Å². The second-order valence-corrected chi connectivity index (χ2v) is 7.19. The summed E-state index contributed by atoms with van der Waals surface area (Å²) in [6.45, 7) is 0.691. The van der Waals surface area contributed by atoms with E-state index in [1.54, 1.807) is 0 Å². The van der Waals surface area contributed by atoms with Gasteiger partial charge in [0.25, 0.3) is 6.34 Å². The van der Waals surface area contributed by atoms with E-state index >= 15 is 0 Å². The van der Waals surface area contributed by atoms with E-state index in [2.05, 4.69) is 33.2 Å². The van der Waals surface area contributed by atoms with Crippen molar-refractivity contribution in [3.63, 3.8) is 0 Å². The van der Waals surface area contributed by atoms with Crippen molar-refractivity contribution in [3.05, 3.63) is 64.7 Å². The number of hydrazine groups is 1. The molecule has 2 aromatic carbocycles. The van der Waals surface area contributed by atoms with Gasteiger partial charge in [-0.2, -0.15) is 5.43 Å². The van der Waals surface area contributed by atoms with Gasteiger partial charge < -0.3 is 4.55 Å². The number of halogens is 1. The molecule has 0 amide bonds. The molecule has 0 saturated heterocycles. The summed E-state index contributed by atoms with van der Waals surface area (Å²) < 4.78 is 35.0. The van der Waals surface area contributed by atoms with Gasteiger partial charge in [-0.1, -0.05) is 41.9 Å². The number of fused-ring (bicyclic) bond motifs is 3. The van der Waals surface area contributed by atoms with Crippen molar-refractivity contribution in [3.8, 4) is 0 Å². The number of rotatable bonds is 1. The predicted molar refractivity (Wildman–Crippen MR) is 101 cm³/mol. The Hall–Kier alpha value is -2.30. The SMILES string of the molecule is CN1NC=[N+]2c3ccc(Cl)cc3C(c3ccccc3)=NCC12.O=S(=O)([O-])O.